The number of rotatable bonds is 9. The molecule has 0 aliphatic carbocycles. The molecule has 1 fully saturated rings. The number of aliphatic imine (C=N–C) groups is 1. The van der Waals surface area contributed by atoms with E-state index in [9.17, 15) is 0 Å². The number of aryl methyl sites for hydroxylation is 2. The molecule has 5 nitrogen and oxygen atoms in total. The monoisotopic (exact) mass is 644 g/mol. The Morgan fingerprint density at radius 1 is 0.860 bits per heavy atom. The highest BCUT2D eigenvalue weighted by molar-refractivity contribution is 5.99. The quantitative estimate of drug-likeness (QED) is 0.266. The van der Waals surface area contributed by atoms with E-state index in [0.717, 1.165) is 76.2 Å². The first-order valence-electron chi connectivity index (χ1n) is 15.3. The zero-order valence-corrected chi connectivity index (χ0v) is 27.8. The number of piperidine rings is 1. The molecule has 3 heterocycles. The number of nitrogens with zero attached hydrogens (tertiary/aromatic N) is 3. The van der Waals surface area contributed by atoms with Crippen LogP contribution >= 0.6 is 37.2 Å². The van der Waals surface area contributed by atoms with Gasteiger partial charge < -0.3 is 10.1 Å². The third-order valence-electron chi connectivity index (χ3n) is 8.93. The molecule has 0 unspecified atom stereocenters. The lowest BCUT2D eigenvalue weighted by Crippen LogP contribution is -2.33. The topological polar surface area (TPSA) is 40.1 Å². The van der Waals surface area contributed by atoms with Crippen molar-refractivity contribution in [1.82, 2.24) is 15.1 Å². The van der Waals surface area contributed by atoms with Crippen molar-refractivity contribution in [3.8, 4) is 5.75 Å². The molecule has 3 aliphatic heterocycles. The van der Waals surface area contributed by atoms with Crippen LogP contribution in [-0.2, 0) is 26.1 Å². The van der Waals surface area contributed by atoms with Crippen LogP contribution in [0.1, 0.15) is 59.1 Å². The van der Waals surface area contributed by atoms with Gasteiger partial charge in [0.25, 0.3) is 0 Å². The van der Waals surface area contributed by atoms with Crippen LogP contribution in [0.3, 0.4) is 0 Å². The largest absolute Gasteiger partial charge is 0.494 e. The van der Waals surface area contributed by atoms with Crippen LogP contribution < -0.4 is 10.1 Å². The summed E-state index contributed by atoms with van der Waals surface area (Å²) in [5.74, 6) is 2.84. The minimum absolute atomic E-state index is 0. The van der Waals surface area contributed by atoms with Crippen molar-refractivity contribution >= 4 is 43.1 Å². The minimum Gasteiger partial charge on any atom is -0.494 e. The van der Waals surface area contributed by atoms with Gasteiger partial charge in [0.2, 0.25) is 0 Å². The van der Waals surface area contributed by atoms with E-state index >= 15 is 0 Å². The Morgan fingerprint density at radius 3 is 2.49 bits per heavy atom. The fourth-order valence-electron chi connectivity index (χ4n) is 6.50. The number of fused-ring (bicyclic) bond motifs is 1. The van der Waals surface area contributed by atoms with E-state index in [1.807, 2.05) is 0 Å². The molecule has 0 aromatic heterocycles. The fraction of sp³-hybridized carbons (Fsp3) is 0.457. The molecular weight excluding hydrogens is 599 g/mol. The van der Waals surface area contributed by atoms with Gasteiger partial charge >= 0.3 is 0 Å². The Labute approximate surface area is 276 Å². The highest BCUT2D eigenvalue weighted by Gasteiger charge is 2.20. The summed E-state index contributed by atoms with van der Waals surface area (Å²) in [4.78, 5) is 9.78. The highest BCUT2D eigenvalue weighted by Crippen LogP contribution is 2.27. The lowest BCUT2D eigenvalue weighted by Gasteiger charge is -2.32. The van der Waals surface area contributed by atoms with Crippen LogP contribution in [-0.4, -0.2) is 55.0 Å². The van der Waals surface area contributed by atoms with Crippen LogP contribution in [0.2, 0.25) is 0 Å². The number of nitrogens with one attached hydrogen (secondary N) is 1. The van der Waals surface area contributed by atoms with Crippen molar-refractivity contribution in [2.45, 2.75) is 58.7 Å². The number of benzene rings is 3. The molecule has 234 valence electrons. The number of likely N-dealkylation sites (tertiary alicyclic amines) is 1. The van der Waals surface area contributed by atoms with Crippen LogP contribution in [0.4, 0.5) is 0 Å². The van der Waals surface area contributed by atoms with Crippen LogP contribution in [0.15, 0.2) is 71.7 Å². The molecular formula is C35H47Cl3N4O. The van der Waals surface area contributed by atoms with Crippen molar-refractivity contribution in [1.29, 1.82) is 0 Å². The Hall–Kier alpha value is -2.28. The number of halogens is 3. The van der Waals surface area contributed by atoms with Crippen molar-refractivity contribution < 1.29 is 4.74 Å². The number of hydrogen-bond acceptors (Lipinski definition) is 5. The first kappa shape index (κ1) is 35.2. The van der Waals surface area contributed by atoms with Gasteiger partial charge in [-0.25, -0.2) is 0 Å². The van der Waals surface area contributed by atoms with Crippen LogP contribution in [0.25, 0.3) is 0 Å². The third kappa shape index (κ3) is 9.60. The predicted octanol–water partition coefficient (Wildman–Crippen LogP) is 7.24. The van der Waals surface area contributed by atoms with E-state index in [4.69, 9.17) is 4.74 Å². The summed E-state index contributed by atoms with van der Waals surface area (Å²) < 4.78 is 6.32. The van der Waals surface area contributed by atoms with Gasteiger partial charge in [0.05, 0.1) is 13.2 Å². The summed E-state index contributed by atoms with van der Waals surface area (Å²) in [6.45, 7) is 11.4. The summed E-state index contributed by atoms with van der Waals surface area (Å²) in [7, 11) is 0. The van der Waals surface area contributed by atoms with E-state index in [1.54, 1.807) is 0 Å². The number of ether oxygens (including phenoxy) is 1. The molecule has 0 amide bonds. The molecule has 1 saturated heterocycles. The van der Waals surface area contributed by atoms with Crippen LogP contribution in [0, 0.1) is 12.8 Å². The molecule has 6 rings (SSSR count). The van der Waals surface area contributed by atoms with E-state index < -0.39 is 0 Å². The van der Waals surface area contributed by atoms with Crippen molar-refractivity contribution in [3.05, 3.63) is 100 Å². The standard InChI is InChI=1S/C35H44N4O.3ClH/c1-27-6-2-3-8-32(27)25-39-18-5-10-30-11-12-34(23-33(30)26-39)40-21-15-28-13-19-38(20-14-28)24-29-7-4-9-31(22-29)35-36-16-17-37-35;;;/h2-4,6-9,11-12,22-23,28H,5,10,13-21,24-26H2,1H3,(H,36,37);3*1H. The van der Waals surface area contributed by atoms with Gasteiger partial charge in [-0.05, 0) is 111 Å². The summed E-state index contributed by atoms with van der Waals surface area (Å²) in [6, 6.07) is 24.5. The van der Waals surface area contributed by atoms with E-state index in [1.165, 1.54) is 65.7 Å². The normalized spacial score (nSPS) is 17.3. The average molecular weight is 646 g/mol. The van der Waals surface area contributed by atoms with Gasteiger partial charge in [-0.15, -0.1) is 37.2 Å². The molecule has 0 saturated carbocycles. The van der Waals surface area contributed by atoms with E-state index in [2.05, 4.69) is 93.8 Å². The van der Waals surface area contributed by atoms with Gasteiger partial charge in [-0.2, -0.15) is 0 Å². The smallest absolute Gasteiger partial charge is 0.128 e. The summed E-state index contributed by atoms with van der Waals surface area (Å²) in [5.41, 5.74) is 8.36. The van der Waals surface area contributed by atoms with Crippen molar-refractivity contribution in [2.24, 2.45) is 10.9 Å². The summed E-state index contributed by atoms with van der Waals surface area (Å²) in [6.07, 6.45) is 6.04. The van der Waals surface area contributed by atoms with Crippen molar-refractivity contribution in [3.63, 3.8) is 0 Å². The first-order chi connectivity index (χ1) is 19.7. The van der Waals surface area contributed by atoms with Gasteiger partial charge in [0.15, 0.2) is 0 Å². The predicted molar refractivity (Wildman–Crippen MR) is 186 cm³/mol. The molecule has 0 bridgehead atoms. The fourth-order valence-corrected chi connectivity index (χ4v) is 6.50. The molecule has 43 heavy (non-hydrogen) atoms. The van der Waals surface area contributed by atoms with Gasteiger partial charge in [0.1, 0.15) is 11.6 Å². The van der Waals surface area contributed by atoms with Gasteiger partial charge in [-0.1, -0.05) is 48.5 Å². The second-order valence-electron chi connectivity index (χ2n) is 11.9. The number of hydrogen-bond donors (Lipinski definition) is 1. The Kier molecular flexibility index (Phi) is 14.1. The molecule has 0 radical (unpaired) electrons. The molecule has 3 aliphatic rings. The highest BCUT2D eigenvalue weighted by atomic mass is 35.5. The second kappa shape index (κ2) is 17.3. The zero-order valence-electron chi connectivity index (χ0n) is 25.3. The Bertz CT molecular complexity index is 1330. The maximum atomic E-state index is 6.32. The molecule has 3 aromatic carbocycles. The summed E-state index contributed by atoms with van der Waals surface area (Å²) >= 11 is 0. The first-order valence-corrected chi connectivity index (χ1v) is 15.3. The maximum absolute atomic E-state index is 6.32. The van der Waals surface area contributed by atoms with E-state index in [0.29, 0.717) is 0 Å². The molecule has 0 spiro atoms. The Balaban J connectivity index is 0.00000169. The lowest BCUT2D eigenvalue weighted by atomic mass is 9.93. The molecule has 8 heteroatoms. The minimum atomic E-state index is 0. The number of amidine groups is 1. The SMILES string of the molecule is Cc1ccccc1CN1CCCc2ccc(OCCC3CCN(Cc4cccc(C5=NCCN5)c4)CC3)cc2C1.Cl.Cl.Cl. The third-order valence-corrected chi connectivity index (χ3v) is 8.93. The van der Waals surface area contributed by atoms with E-state index in [-0.39, 0.29) is 37.2 Å². The van der Waals surface area contributed by atoms with Crippen LogP contribution in [0.5, 0.6) is 5.75 Å². The second-order valence-corrected chi connectivity index (χ2v) is 11.9. The molecule has 0 atom stereocenters. The van der Waals surface area contributed by atoms with Crippen molar-refractivity contribution in [2.75, 3.05) is 39.3 Å². The average Bonchev–Trinajstić information content (AvgIpc) is 3.44. The molecule has 1 N–H and O–H groups in total. The maximum Gasteiger partial charge on any atom is 0.128 e. The van der Waals surface area contributed by atoms with Gasteiger partial charge in [0, 0.05) is 31.7 Å². The lowest BCUT2D eigenvalue weighted by molar-refractivity contribution is 0.157. The molecule has 3 aromatic rings. The van der Waals surface area contributed by atoms with Gasteiger partial charge in [-0.3, -0.25) is 14.8 Å². The summed E-state index contributed by atoms with van der Waals surface area (Å²) in [5, 5.41) is 3.39. The Morgan fingerprint density at radius 2 is 1.70 bits per heavy atom. The zero-order chi connectivity index (χ0) is 27.1.